The first-order chi connectivity index (χ1) is 4.84. The molecule has 0 saturated carbocycles. The number of rotatable bonds is 2. The fourth-order valence-corrected chi connectivity index (χ4v) is 1.04. The molecule has 1 fully saturated rings. The van der Waals surface area contributed by atoms with E-state index in [1.807, 2.05) is 6.07 Å². The maximum Gasteiger partial charge on any atom is 0.309 e. The van der Waals surface area contributed by atoms with Gasteiger partial charge in [-0.1, -0.05) is 0 Å². The van der Waals surface area contributed by atoms with Gasteiger partial charge >= 0.3 is 5.97 Å². The second-order valence-corrected chi connectivity index (χ2v) is 2.35. The van der Waals surface area contributed by atoms with Crippen molar-refractivity contribution >= 4 is 5.97 Å². The third-order valence-corrected chi connectivity index (χ3v) is 1.65. The zero-order valence-corrected chi connectivity index (χ0v) is 5.67. The molecule has 0 aromatic rings. The van der Waals surface area contributed by atoms with Gasteiger partial charge in [0.25, 0.3) is 0 Å². The van der Waals surface area contributed by atoms with E-state index in [1.54, 1.807) is 0 Å². The van der Waals surface area contributed by atoms with Gasteiger partial charge in [-0.05, 0) is 12.8 Å². The van der Waals surface area contributed by atoms with Crippen molar-refractivity contribution in [1.82, 2.24) is 0 Å². The summed E-state index contributed by atoms with van der Waals surface area (Å²) in [6.07, 6.45) is 1.91. The van der Waals surface area contributed by atoms with Crippen molar-refractivity contribution in [1.29, 1.82) is 5.26 Å². The minimum absolute atomic E-state index is 0.000324. The van der Waals surface area contributed by atoms with Crippen molar-refractivity contribution in [3.63, 3.8) is 0 Å². The Kier molecular flexibility index (Phi) is 2.27. The van der Waals surface area contributed by atoms with E-state index in [2.05, 4.69) is 0 Å². The summed E-state index contributed by atoms with van der Waals surface area (Å²) in [4.78, 5) is 10.7. The summed E-state index contributed by atoms with van der Waals surface area (Å²) in [6, 6.07) is 2.01. The quantitative estimate of drug-likeness (QED) is 0.533. The maximum absolute atomic E-state index is 10.7. The van der Waals surface area contributed by atoms with Gasteiger partial charge in [0.2, 0.25) is 0 Å². The first kappa shape index (κ1) is 7.07. The Labute approximate surface area is 59.6 Å². The smallest absolute Gasteiger partial charge is 0.309 e. The van der Waals surface area contributed by atoms with E-state index in [0.29, 0.717) is 19.4 Å². The number of nitriles is 1. The van der Waals surface area contributed by atoms with Gasteiger partial charge in [0.05, 0.1) is 18.6 Å². The highest BCUT2D eigenvalue weighted by Gasteiger charge is 2.25. The van der Waals surface area contributed by atoms with Crippen molar-refractivity contribution in [3.05, 3.63) is 0 Å². The molecular formula is C7H9NO2. The number of esters is 1. The first-order valence-corrected chi connectivity index (χ1v) is 3.38. The summed E-state index contributed by atoms with van der Waals surface area (Å²) in [6.45, 7) is 0.537. The van der Waals surface area contributed by atoms with Gasteiger partial charge in [0.1, 0.15) is 0 Å². The van der Waals surface area contributed by atoms with Gasteiger partial charge in [0.15, 0.2) is 0 Å². The predicted octanol–water partition coefficient (Wildman–Crippen LogP) is 0.853. The Morgan fingerprint density at radius 3 is 3.10 bits per heavy atom. The van der Waals surface area contributed by atoms with Crippen molar-refractivity contribution in [2.24, 2.45) is 5.92 Å². The molecule has 1 aliphatic rings. The summed E-state index contributed by atoms with van der Waals surface area (Å²) < 4.78 is 4.71. The van der Waals surface area contributed by atoms with Crippen molar-refractivity contribution in [3.8, 4) is 6.07 Å². The summed E-state index contributed by atoms with van der Waals surface area (Å²) in [5, 5.41) is 8.21. The standard InChI is InChI=1S/C7H9NO2/c8-4-1-2-6-3-5-10-7(6)9/h6H,1-3,5H2. The molecule has 3 heteroatoms. The van der Waals surface area contributed by atoms with Gasteiger partial charge in [-0.3, -0.25) is 4.79 Å². The topological polar surface area (TPSA) is 50.1 Å². The zero-order valence-electron chi connectivity index (χ0n) is 5.67. The van der Waals surface area contributed by atoms with Crippen LogP contribution < -0.4 is 0 Å². The number of carbonyl (C=O) groups excluding carboxylic acids is 1. The van der Waals surface area contributed by atoms with E-state index in [0.717, 1.165) is 6.42 Å². The van der Waals surface area contributed by atoms with E-state index in [9.17, 15) is 4.79 Å². The van der Waals surface area contributed by atoms with Crippen LogP contribution in [0.2, 0.25) is 0 Å². The molecule has 0 aliphatic carbocycles. The van der Waals surface area contributed by atoms with Crippen LogP contribution in [-0.4, -0.2) is 12.6 Å². The molecule has 1 heterocycles. The second-order valence-electron chi connectivity index (χ2n) is 2.35. The van der Waals surface area contributed by atoms with Crippen LogP contribution in [0.15, 0.2) is 0 Å². The molecule has 1 saturated heterocycles. The summed E-state index contributed by atoms with van der Waals surface area (Å²) >= 11 is 0. The molecule has 1 rings (SSSR count). The molecular weight excluding hydrogens is 130 g/mol. The molecule has 10 heavy (non-hydrogen) atoms. The van der Waals surface area contributed by atoms with Gasteiger partial charge in [-0.25, -0.2) is 0 Å². The van der Waals surface area contributed by atoms with Crippen molar-refractivity contribution in [2.75, 3.05) is 6.61 Å². The molecule has 54 valence electrons. The highest BCUT2D eigenvalue weighted by molar-refractivity contribution is 5.74. The normalized spacial score (nSPS) is 23.9. The molecule has 1 aliphatic heterocycles. The Balaban J connectivity index is 2.28. The third kappa shape index (κ3) is 1.47. The molecule has 0 radical (unpaired) electrons. The lowest BCUT2D eigenvalue weighted by molar-refractivity contribution is -0.141. The molecule has 3 nitrogen and oxygen atoms in total. The van der Waals surface area contributed by atoms with Gasteiger partial charge in [-0.15, -0.1) is 0 Å². The molecule has 0 bridgehead atoms. The minimum Gasteiger partial charge on any atom is -0.465 e. The highest BCUT2D eigenvalue weighted by Crippen LogP contribution is 2.18. The molecule has 0 aromatic heterocycles. The Hall–Kier alpha value is -1.04. The Bertz CT molecular complexity index is 171. The number of ether oxygens (including phenoxy) is 1. The second kappa shape index (κ2) is 3.21. The van der Waals surface area contributed by atoms with Crippen LogP contribution in [0, 0.1) is 17.2 Å². The minimum atomic E-state index is -0.129. The SMILES string of the molecule is N#CCCC1CCOC1=O. The lowest BCUT2D eigenvalue weighted by Gasteiger charge is -1.98. The van der Waals surface area contributed by atoms with Gasteiger partial charge in [0, 0.05) is 6.42 Å². The monoisotopic (exact) mass is 139 g/mol. The number of cyclic esters (lactones) is 1. The highest BCUT2D eigenvalue weighted by atomic mass is 16.5. The Morgan fingerprint density at radius 2 is 2.60 bits per heavy atom. The summed E-state index contributed by atoms with van der Waals surface area (Å²) in [5.74, 6) is -0.130. The molecule has 1 atom stereocenters. The van der Waals surface area contributed by atoms with Crippen LogP contribution in [-0.2, 0) is 9.53 Å². The molecule has 0 amide bonds. The first-order valence-electron chi connectivity index (χ1n) is 3.38. The largest absolute Gasteiger partial charge is 0.465 e. The summed E-state index contributed by atoms with van der Waals surface area (Å²) in [5.41, 5.74) is 0. The van der Waals surface area contributed by atoms with E-state index in [4.69, 9.17) is 10.00 Å². The number of nitrogens with zero attached hydrogens (tertiary/aromatic N) is 1. The van der Waals surface area contributed by atoms with Crippen molar-refractivity contribution < 1.29 is 9.53 Å². The fraction of sp³-hybridized carbons (Fsp3) is 0.714. The van der Waals surface area contributed by atoms with Crippen LogP contribution >= 0.6 is 0 Å². The zero-order chi connectivity index (χ0) is 7.40. The van der Waals surface area contributed by atoms with Crippen molar-refractivity contribution in [2.45, 2.75) is 19.3 Å². The lowest BCUT2D eigenvalue weighted by Crippen LogP contribution is -2.06. The van der Waals surface area contributed by atoms with E-state index < -0.39 is 0 Å². The van der Waals surface area contributed by atoms with E-state index >= 15 is 0 Å². The number of hydrogen-bond donors (Lipinski definition) is 0. The van der Waals surface area contributed by atoms with Crippen LogP contribution in [0.4, 0.5) is 0 Å². The maximum atomic E-state index is 10.7. The average Bonchev–Trinajstić information content (AvgIpc) is 2.31. The van der Waals surface area contributed by atoms with Crippen LogP contribution in [0.1, 0.15) is 19.3 Å². The van der Waals surface area contributed by atoms with Gasteiger partial charge in [-0.2, -0.15) is 5.26 Å². The summed E-state index contributed by atoms with van der Waals surface area (Å²) in [7, 11) is 0. The van der Waals surface area contributed by atoms with Crippen LogP contribution in [0.5, 0.6) is 0 Å². The van der Waals surface area contributed by atoms with Crippen LogP contribution in [0.3, 0.4) is 0 Å². The Morgan fingerprint density at radius 1 is 1.80 bits per heavy atom. The van der Waals surface area contributed by atoms with Gasteiger partial charge < -0.3 is 4.74 Å². The molecule has 0 spiro atoms. The fourth-order valence-electron chi connectivity index (χ4n) is 1.04. The van der Waals surface area contributed by atoms with E-state index in [1.165, 1.54) is 0 Å². The van der Waals surface area contributed by atoms with Crippen LogP contribution in [0.25, 0.3) is 0 Å². The average molecular weight is 139 g/mol. The number of carbonyl (C=O) groups is 1. The predicted molar refractivity (Wildman–Crippen MR) is 33.9 cm³/mol. The molecule has 0 N–H and O–H groups in total. The number of hydrogen-bond acceptors (Lipinski definition) is 3. The lowest BCUT2D eigenvalue weighted by atomic mass is 10.0. The molecule has 1 unspecified atom stereocenters. The molecule has 0 aromatic carbocycles. The third-order valence-electron chi connectivity index (χ3n) is 1.65. The van der Waals surface area contributed by atoms with E-state index in [-0.39, 0.29) is 11.9 Å².